The molecule has 0 atom stereocenters. The molecule has 7 heteroatoms. The van der Waals surface area contributed by atoms with Gasteiger partial charge in [-0.25, -0.2) is 8.42 Å². The van der Waals surface area contributed by atoms with Crippen molar-refractivity contribution in [1.29, 1.82) is 5.26 Å². The summed E-state index contributed by atoms with van der Waals surface area (Å²) in [5.41, 5.74) is 0. The molecule has 0 bridgehead atoms. The molecule has 0 unspecified atom stereocenters. The molecule has 0 spiro atoms. The number of ether oxygens (including phenoxy) is 1. The fourth-order valence-corrected chi connectivity index (χ4v) is 3.72. The van der Waals surface area contributed by atoms with E-state index in [4.69, 9.17) is 10.00 Å². The number of nitrogens with zero attached hydrogens (tertiary/aromatic N) is 3. The van der Waals surface area contributed by atoms with E-state index in [9.17, 15) is 8.42 Å². The molecule has 114 valence electrons. The number of methoxy groups -OCH3 is 1. The monoisotopic (exact) mass is 309 g/mol. The van der Waals surface area contributed by atoms with Crippen molar-refractivity contribution < 1.29 is 13.2 Å². The molecule has 21 heavy (non-hydrogen) atoms. The molecule has 0 N–H and O–H groups in total. The predicted octanol–water partition coefficient (Wildman–Crippen LogP) is 0.915. The van der Waals surface area contributed by atoms with Gasteiger partial charge in [-0.3, -0.25) is 4.90 Å². The second kappa shape index (κ2) is 6.89. The maximum atomic E-state index is 12.5. The Morgan fingerprint density at radius 1 is 1.19 bits per heavy atom. The van der Waals surface area contributed by atoms with Crippen molar-refractivity contribution in [3.8, 4) is 11.8 Å². The summed E-state index contributed by atoms with van der Waals surface area (Å²) in [6, 6.07) is 8.54. The molecule has 0 radical (unpaired) electrons. The number of piperazine rings is 1. The molecule has 1 aliphatic rings. The third kappa shape index (κ3) is 3.73. The van der Waals surface area contributed by atoms with Crippen LogP contribution >= 0.6 is 0 Å². The number of nitriles is 1. The molecule has 1 aromatic rings. The molecule has 0 saturated carbocycles. The SMILES string of the molecule is COc1ccc(S(=O)(=O)N2CCN(CCC#N)CC2)cc1. The lowest BCUT2D eigenvalue weighted by molar-refractivity contribution is 0.191. The average molecular weight is 309 g/mol. The van der Waals surface area contributed by atoms with Crippen LogP contribution in [-0.4, -0.2) is 57.5 Å². The van der Waals surface area contributed by atoms with E-state index in [1.165, 1.54) is 4.31 Å². The van der Waals surface area contributed by atoms with Gasteiger partial charge in [0.15, 0.2) is 0 Å². The van der Waals surface area contributed by atoms with E-state index < -0.39 is 10.0 Å². The maximum absolute atomic E-state index is 12.5. The third-order valence-corrected chi connectivity index (χ3v) is 5.48. The van der Waals surface area contributed by atoms with E-state index in [2.05, 4.69) is 11.0 Å². The Hall–Kier alpha value is -1.62. The molecule has 1 fully saturated rings. The van der Waals surface area contributed by atoms with E-state index in [0.29, 0.717) is 44.9 Å². The van der Waals surface area contributed by atoms with Crippen molar-refractivity contribution in [3.63, 3.8) is 0 Å². The van der Waals surface area contributed by atoms with Gasteiger partial charge in [-0.2, -0.15) is 9.57 Å². The third-order valence-electron chi connectivity index (χ3n) is 3.57. The van der Waals surface area contributed by atoms with Crippen LogP contribution in [0, 0.1) is 11.3 Å². The summed E-state index contributed by atoms with van der Waals surface area (Å²) >= 11 is 0. The van der Waals surface area contributed by atoms with Crippen LogP contribution in [0.3, 0.4) is 0 Å². The van der Waals surface area contributed by atoms with Gasteiger partial charge in [0.05, 0.1) is 18.1 Å². The van der Waals surface area contributed by atoms with Crippen LogP contribution in [0.2, 0.25) is 0 Å². The zero-order chi connectivity index (χ0) is 15.3. The molecule has 6 nitrogen and oxygen atoms in total. The largest absolute Gasteiger partial charge is 0.497 e. The summed E-state index contributed by atoms with van der Waals surface area (Å²) in [7, 11) is -1.90. The van der Waals surface area contributed by atoms with Crippen molar-refractivity contribution in [2.75, 3.05) is 39.8 Å². The Balaban J connectivity index is 2.02. The van der Waals surface area contributed by atoms with Crippen LogP contribution in [0.4, 0.5) is 0 Å². The highest BCUT2D eigenvalue weighted by atomic mass is 32.2. The van der Waals surface area contributed by atoms with Gasteiger partial charge in [0, 0.05) is 39.1 Å². The van der Waals surface area contributed by atoms with Crippen LogP contribution in [0.5, 0.6) is 5.75 Å². The summed E-state index contributed by atoms with van der Waals surface area (Å²) in [6.07, 6.45) is 0.477. The van der Waals surface area contributed by atoms with Crippen LogP contribution < -0.4 is 4.74 Å². The van der Waals surface area contributed by atoms with Gasteiger partial charge in [-0.15, -0.1) is 0 Å². The Kier molecular flexibility index (Phi) is 5.17. The fraction of sp³-hybridized carbons (Fsp3) is 0.500. The van der Waals surface area contributed by atoms with Crippen molar-refractivity contribution >= 4 is 10.0 Å². The van der Waals surface area contributed by atoms with Crippen LogP contribution in [-0.2, 0) is 10.0 Å². The second-order valence-corrected chi connectivity index (χ2v) is 6.77. The Labute approximate surface area is 125 Å². The number of sulfonamides is 1. The molecule has 2 rings (SSSR count). The van der Waals surface area contributed by atoms with Crippen molar-refractivity contribution in [2.45, 2.75) is 11.3 Å². The van der Waals surface area contributed by atoms with Crippen molar-refractivity contribution in [1.82, 2.24) is 9.21 Å². The Morgan fingerprint density at radius 3 is 2.33 bits per heavy atom. The van der Waals surface area contributed by atoms with Gasteiger partial charge in [0.2, 0.25) is 10.0 Å². The molecule has 1 saturated heterocycles. The summed E-state index contributed by atoms with van der Waals surface area (Å²) in [4.78, 5) is 2.40. The van der Waals surface area contributed by atoms with Crippen LogP contribution in [0.25, 0.3) is 0 Å². The Bertz CT molecular complexity index is 599. The van der Waals surface area contributed by atoms with E-state index in [1.54, 1.807) is 31.4 Å². The minimum absolute atomic E-state index is 0.286. The number of rotatable bonds is 5. The molecule has 1 heterocycles. The van der Waals surface area contributed by atoms with Gasteiger partial charge in [-0.1, -0.05) is 0 Å². The molecule has 0 aliphatic carbocycles. The highest BCUT2D eigenvalue weighted by Crippen LogP contribution is 2.20. The molecule has 1 aliphatic heterocycles. The maximum Gasteiger partial charge on any atom is 0.243 e. The number of hydrogen-bond acceptors (Lipinski definition) is 5. The molecule has 0 amide bonds. The number of benzene rings is 1. The normalized spacial score (nSPS) is 17.3. The quantitative estimate of drug-likeness (QED) is 0.808. The lowest BCUT2D eigenvalue weighted by Crippen LogP contribution is -2.48. The zero-order valence-electron chi connectivity index (χ0n) is 12.0. The van der Waals surface area contributed by atoms with E-state index >= 15 is 0 Å². The summed E-state index contributed by atoms with van der Waals surface area (Å²) in [5.74, 6) is 0.635. The van der Waals surface area contributed by atoms with Crippen LogP contribution in [0.1, 0.15) is 6.42 Å². The van der Waals surface area contributed by atoms with Gasteiger partial charge in [0.1, 0.15) is 5.75 Å². The van der Waals surface area contributed by atoms with E-state index in [1.807, 2.05) is 0 Å². The first-order valence-electron chi connectivity index (χ1n) is 6.81. The lowest BCUT2D eigenvalue weighted by Gasteiger charge is -2.33. The minimum atomic E-state index is -3.44. The molecular weight excluding hydrogens is 290 g/mol. The summed E-state index contributed by atoms with van der Waals surface area (Å²) in [6.45, 7) is 2.95. The average Bonchev–Trinajstić information content (AvgIpc) is 2.53. The standard InChI is InChI=1S/C14H19N3O3S/c1-20-13-3-5-14(6-4-13)21(18,19)17-11-9-16(10-12-17)8-2-7-15/h3-6H,2,8-12H2,1H3. The molecule has 1 aromatic carbocycles. The second-order valence-electron chi connectivity index (χ2n) is 4.83. The Morgan fingerprint density at radius 2 is 1.81 bits per heavy atom. The first-order valence-corrected chi connectivity index (χ1v) is 8.25. The summed E-state index contributed by atoms with van der Waals surface area (Å²) in [5, 5.41) is 8.58. The smallest absolute Gasteiger partial charge is 0.243 e. The lowest BCUT2D eigenvalue weighted by atomic mass is 10.3. The van der Waals surface area contributed by atoms with Gasteiger partial charge in [0.25, 0.3) is 0 Å². The van der Waals surface area contributed by atoms with Gasteiger partial charge >= 0.3 is 0 Å². The highest BCUT2D eigenvalue weighted by molar-refractivity contribution is 7.89. The van der Waals surface area contributed by atoms with Gasteiger partial charge in [-0.05, 0) is 24.3 Å². The van der Waals surface area contributed by atoms with E-state index in [-0.39, 0.29) is 4.90 Å². The summed E-state index contributed by atoms with van der Waals surface area (Å²) < 4.78 is 31.6. The van der Waals surface area contributed by atoms with Crippen molar-refractivity contribution in [3.05, 3.63) is 24.3 Å². The highest BCUT2D eigenvalue weighted by Gasteiger charge is 2.28. The fourth-order valence-electron chi connectivity index (χ4n) is 2.30. The zero-order valence-corrected chi connectivity index (χ0v) is 12.8. The molecule has 0 aromatic heterocycles. The van der Waals surface area contributed by atoms with Crippen molar-refractivity contribution in [2.24, 2.45) is 0 Å². The van der Waals surface area contributed by atoms with E-state index in [0.717, 1.165) is 0 Å². The first-order chi connectivity index (χ1) is 10.1. The number of hydrogen-bond donors (Lipinski definition) is 0. The van der Waals surface area contributed by atoms with Crippen LogP contribution in [0.15, 0.2) is 29.2 Å². The molecular formula is C14H19N3O3S. The predicted molar refractivity (Wildman–Crippen MR) is 78.4 cm³/mol. The topological polar surface area (TPSA) is 73.6 Å². The first kappa shape index (κ1) is 15.8. The minimum Gasteiger partial charge on any atom is -0.497 e. The van der Waals surface area contributed by atoms with Gasteiger partial charge < -0.3 is 4.74 Å².